The van der Waals surface area contributed by atoms with Gasteiger partial charge in [-0.3, -0.25) is 4.79 Å². The van der Waals surface area contributed by atoms with Crippen molar-refractivity contribution in [3.8, 4) is 0 Å². The largest absolute Gasteiger partial charge is 0.471 e. The number of aliphatic hydroxyl groups excluding tert-OH is 5. The molecule has 12 nitrogen and oxygen atoms in total. The number of hydrogen-bond donors (Lipinski definition) is 5. The van der Waals surface area contributed by atoms with Crippen LogP contribution in [0.2, 0.25) is 0 Å². The molecule has 180 valence electrons. The van der Waals surface area contributed by atoms with Crippen LogP contribution >= 0.6 is 0 Å². The van der Waals surface area contributed by atoms with Crippen LogP contribution in [-0.4, -0.2) is 100 Å². The van der Waals surface area contributed by atoms with Crippen molar-refractivity contribution < 1.29 is 58.8 Å². The van der Waals surface area contributed by atoms with Gasteiger partial charge in [0.05, 0.1) is 37.1 Å². The van der Waals surface area contributed by atoms with E-state index in [0.29, 0.717) is 5.57 Å². The van der Waals surface area contributed by atoms with E-state index < -0.39 is 73.5 Å². The molecule has 0 aromatic heterocycles. The molecule has 1 fully saturated rings. The second kappa shape index (κ2) is 10.3. The molecule has 9 atom stereocenters. The Labute approximate surface area is 183 Å². The van der Waals surface area contributed by atoms with Gasteiger partial charge < -0.3 is 49.2 Å². The Morgan fingerprint density at radius 3 is 2.38 bits per heavy atom. The van der Waals surface area contributed by atoms with E-state index in [4.69, 9.17) is 23.7 Å². The van der Waals surface area contributed by atoms with Crippen LogP contribution < -0.4 is 0 Å². The standard InChI is InChI=1S/C20H28O12/c1-3-28-18(27)10-7-30-19(13-9(6-29-8(2)22)4-11(23)14(10)13)32-20-17(26)16(25)15(24)12(5-21)31-20/h4,7,11-17,19-21,23-26H,3,5-6H2,1-2H3/t11-,12+,13+,14-,15+,16-,17+,19?,20-/m0/s1. The van der Waals surface area contributed by atoms with Crippen molar-refractivity contribution in [3.05, 3.63) is 23.5 Å². The molecule has 2 heterocycles. The number of ether oxygens (including phenoxy) is 5. The van der Waals surface area contributed by atoms with Gasteiger partial charge in [-0.15, -0.1) is 0 Å². The molecule has 0 radical (unpaired) electrons. The fourth-order valence-electron chi connectivity index (χ4n) is 4.06. The predicted octanol–water partition coefficient (Wildman–Crippen LogP) is -2.30. The summed E-state index contributed by atoms with van der Waals surface area (Å²) in [4.78, 5) is 23.7. The normalized spacial score (nSPS) is 38.8. The van der Waals surface area contributed by atoms with Crippen LogP contribution in [0, 0.1) is 11.8 Å². The SMILES string of the molecule is CCOC(=O)C1=COC(O[C@@H]2O[C@H](CO)[C@@H](O)[C@H](O)[C@H]2O)[C@@H]2C(COC(C)=O)=C[C@H](O)[C@H]12. The highest BCUT2D eigenvalue weighted by Gasteiger charge is 2.52. The lowest BCUT2D eigenvalue weighted by molar-refractivity contribution is -0.340. The van der Waals surface area contributed by atoms with Gasteiger partial charge in [-0.2, -0.15) is 0 Å². The molecule has 0 spiro atoms. The highest BCUT2D eigenvalue weighted by atomic mass is 16.8. The molecule has 3 aliphatic rings. The topological polar surface area (TPSA) is 181 Å². The zero-order valence-corrected chi connectivity index (χ0v) is 17.6. The number of fused-ring (bicyclic) bond motifs is 1. The van der Waals surface area contributed by atoms with Crippen LogP contribution in [0.1, 0.15) is 13.8 Å². The van der Waals surface area contributed by atoms with E-state index in [-0.39, 0.29) is 18.8 Å². The minimum absolute atomic E-state index is 0.0482. The minimum Gasteiger partial charge on any atom is -0.471 e. The molecular weight excluding hydrogens is 432 g/mol. The van der Waals surface area contributed by atoms with E-state index in [1.807, 2.05) is 0 Å². The molecule has 0 saturated carbocycles. The fraction of sp³-hybridized carbons (Fsp3) is 0.700. The van der Waals surface area contributed by atoms with E-state index >= 15 is 0 Å². The maximum atomic E-state index is 12.4. The maximum absolute atomic E-state index is 12.4. The van der Waals surface area contributed by atoms with Crippen LogP contribution in [0.25, 0.3) is 0 Å². The van der Waals surface area contributed by atoms with Crippen LogP contribution in [0.3, 0.4) is 0 Å². The Morgan fingerprint density at radius 2 is 1.75 bits per heavy atom. The van der Waals surface area contributed by atoms with E-state index in [2.05, 4.69) is 0 Å². The summed E-state index contributed by atoms with van der Waals surface area (Å²) in [6.07, 6.45) is -7.51. The van der Waals surface area contributed by atoms with Gasteiger partial charge in [0.1, 0.15) is 31.0 Å². The molecule has 3 rings (SSSR count). The Kier molecular flexibility index (Phi) is 7.88. The van der Waals surface area contributed by atoms with Gasteiger partial charge >= 0.3 is 11.9 Å². The van der Waals surface area contributed by atoms with E-state index in [1.165, 1.54) is 13.0 Å². The average Bonchev–Trinajstić information content (AvgIpc) is 3.09. The lowest BCUT2D eigenvalue weighted by atomic mass is 9.82. The summed E-state index contributed by atoms with van der Waals surface area (Å²) >= 11 is 0. The molecule has 1 saturated heterocycles. The Morgan fingerprint density at radius 1 is 1.03 bits per heavy atom. The maximum Gasteiger partial charge on any atom is 0.337 e. The number of rotatable bonds is 7. The molecule has 0 amide bonds. The van der Waals surface area contributed by atoms with Crippen molar-refractivity contribution in [3.63, 3.8) is 0 Å². The first-order valence-electron chi connectivity index (χ1n) is 10.2. The number of hydrogen-bond acceptors (Lipinski definition) is 12. The lowest BCUT2D eigenvalue weighted by Gasteiger charge is -2.43. The molecule has 0 aromatic rings. The van der Waals surface area contributed by atoms with Crippen LogP contribution in [0.4, 0.5) is 0 Å². The van der Waals surface area contributed by atoms with Crippen molar-refractivity contribution >= 4 is 11.9 Å². The van der Waals surface area contributed by atoms with Gasteiger partial charge in [-0.05, 0) is 12.5 Å². The Bertz CT molecular complexity index is 762. The molecule has 5 N–H and O–H groups in total. The van der Waals surface area contributed by atoms with E-state index in [0.717, 1.165) is 6.26 Å². The van der Waals surface area contributed by atoms with E-state index in [1.54, 1.807) is 6.92 Å². The highest BCUT2D eigenvalue weighted by molar-refractivity contribution is 5.89. The third kappa shape index (κ3) is 4.81. The summed E-state index contributed by atoms with van der Waals surface area (Å²) in [6.45, 7) is 2.09. The molecule has 1 unspecified atom stereocenters. The Hall–Kier alpha value is -2.06. The second-order valence-electron chi connectivity index (χ2n) is 7.70. The minimum atomic E-state index is -1.68. The van der Waals surface area contributed by atoms with Crippen molar-refractivity contribution in [2.24, 2.45) is 11.8 Å². The summed E-state index contributed by atoms with van der Waals surface area (Å²) in [5, 5.41) is 50.2. The molecular formula is C20H28O12. The summed E-state index contributed by atoms with van der Waals surface area (Å²) < 4.78 is 26.7. The summed E-state index contributed by atoms with van der Waals surface area (Å²) in [5.74, 6) is -2.95. The second-order valence-corrected chi connectivity index (χ2v) is 7.70. The van der Waals surface area contributed by atoms with Gasteiger partial charge in [0, 0.05) is 12.8 Å². The zero-order valence-electron chi connectivity index (χ0n) is 17.6. The molecule has 1 aliphatic carbocycles. The third-order valence-corrected chi connectivity index (χ3v) is 5.62. The van der Waals surface area contributed by atoms with Gasteiger partial charge in [-0.1, -0.05) is 6.08 Å². The van der Waals surface area contributed by atoms with Crippen molar-refractivity contribution in [2.45, 2.75) is 56.9 Å². The predicted molar refractivity (Wildman–Crippen MR) is 102 cm³/mol. The van der Waals surface area contributed by atoms with Gasteiger partial charge in [0.15, 0.2) is 6.29 Å². The average molecular weight is 460 g/mol. The lowest BCUT2D eigenvalue weighted by Crippen LogP contribution is -2.60. The van der Waals surface area contributed by atoms with Crippen molar-refractivity contribution in [1.29, 1.82) is 0 Å². The summed E-state index contributed by atoms with van der Waals surface area (Å²) in [7, 11) is 0. The molecule has 12 heteroatoms. The molecule has 0 aromatic carbocycles. The van der Waals surface area contributed by atoms with Gasteiger partial charge in [0.25, 0.3) is 0 Å². The monoisotopic (exact) mass is 460 g/mol. The highest BCUT2D eigenvalue weighted by Crippen LogP contribution is 2.45. The number of carbonyl (C=O) groups excluding carboxylic acids is 2. The van der Waals surface area contributed by atoms with Gasteiger partial charge in [0.2, 0.25) is 6.29 Å². The number of aliphatic hydroxyl groups is 5. The quantitative estimate of drug-likeness (QED) is 0.203. The summed E-state index contributed by atoms with van der Waals surface area (Å²) in [5.41, 5.74) is 0.453. The first kappa shape index (κ1) is 24.6. The zero-order chi connectivity index (χ0) is 23.6. The van der Waals surface area contributed by atoms with E-state index in [9.17, 15) is 35.1 Å². The summed E-state index contributed by atoms with van der Waals surface area (Å²) in [6, 6.07) is 0. The van der Waals surface area contributed by atoms with Crippen molar-refractivity contribution in [1.82, 2.24) is 0 Å². The number of carbonyl (C=O) groups is 2. The Balaban J connectivity index is 1.86. The first-order chi connectivity index (χ1) is 15.2. The molecule has 32 heavy (non-hydrogen) atoms. The molecule has 0 bridgehead atoms. The third-order valence-electron chi connectivity index (χ3n) is 5.62. The van der Waals surface area contributed by atoms with Crippen molar-refractivity contribution in [2.75, 3.05) is 19.8 Å². The molecule has 2 aliphatic heterocycles. The first-order valence-corrected chi connectivity index (χ1v) is 10.2. The van der Waals surface area contributed by atoms with Gasteiger partial charge in [-0.25, -0.2) is 4.79 Å². The van der Waals surface area contributed by atoms with Crippen LogP contribution in [-0.2, 0) is 33.3 Å². The number of esters is 2. The fourth-order valence-corrected chi connectivity index (χ4v) is 4.06. The smallest absolute Gasteiger partial charge is 0.337 e. The van der Waals surface area contributed by atoms with Crippen LogP contribution in [0.5, 0.6) is 0 Å². The van der Waals surface area contributed by atoms with Crippen LogP contribution in [0.15, 0.2) is 23.5 Å².